The zero-order valence-electron chi connectivity index (χ0n) is 13.2. The molecule has 2 aromatic carbocycles. The van der Waals surface area contributed by atoms with E-state index in [1.165, 1.54) is 11.8 Å². The summed E-state index contributed by atoms with van der Waals surface area (Å²) in [6.45, 7) is 0. The molecule has 2 aromatic rings. The largest absolute Gasteiger partial charge is 0.481 e. The third-order valence-corrected chi connectivity index (χ3v) is 4.39. The van der Waals surface area contributed by atoms with Crippen LogP contribution < -0.4 is 5.32 Å². The molecule has 0 aromatic heterocycles. The molecule has 0 saturated carbocycles. The van der Waals surface area contributed by atoms with Gasteiger partial charge in [-0.1, -0.05) is 60.3 Å². The van der Waals surface area contributed by atoms with Crippen molar-refractivity contribution in [3.05, 3.63) is 59.7 Å². The normalized spacial score (nSPS) is 15.7. The maximum atomic E-state index is 11.1. The Kier molecular flexibility index (Phi) is 5.25. The lowest BCUT2D eigenvalue weighted by Crippen LogP contribution is -2.19. The fourth-order valence-corrected chi connectivity index (χ4v) is 3.03. The zero-order chi connectivity index (χ0) is 17.6. The van der Waals surface area contributed by atoms with Gasteiger partial charge in [0, 0.05) is 0 Å². The van der Waals surface area contributed by atoms with Gasteiger partial charge in [0.15, 0.2) is 5.17 Å². The Morgan fingerprint density at radius 1 is 1.20 bits per heavy atom. The summed E-state index contributed by atoms with van der Waals surface area (Å²) in [6.07, 6.45) is 1.59. The van der Waals surface area contributed by atoms with Gasteiger partial charge in [0.05, 0.1) is 18.4 Å². The highest BCUT2D eigenvalue weighted by molar-refractivity contribution is 8.15. The monoisotopic (exact) mass is 353 g/mol. The number of carbonyl (C=O) groups is 2. The molecule has 1 fully saturated rings. The Labute approximate surface area is 148 Å². The van der Waals surface area contributed by atoms with Gasteiger partial charge in [0.25, 0.3) is 0 Å². The highest BCUT2D eigenvalue weighted by Crippen LogP contribution is 2.24. The molecule has 0 atom stereocenters. The molecular weight excluding hydrogens is 338 g/mol. The van der Waals surface area contributed by atoms with Crippen LogP contribution in [-0.4, -0.2) is 34.1 Å². The fourth-order valence-electron chi connectivity index (χ4n) is 2.39. The van der Waals surface area contributed by atoms with E-state index in [-0.39, 0.29) is 12.3 Å². The number of aliphatic carboxylic acids is 1. The maximum Gasteiger partial charge on any atom is 0.307 e. The molecule has 0 unspecified atom stereocenters. The van der Waals surface area contributed by atoms with Crippen molar-refractivity contribution in [1.29, 1.82) is 0 Å². The van der Waals surface area contributed by atoms with E-state index in [0.717, 1.165) is 22.3 Å². The van der Waals surface area contributed by atoms with Crippen LogP contribution in [0.1, 0.15) is 11.1 Å². The van der Waals surface area contributed by atoms with Gasteiger partial charge in [-0.3, -0.25) is 9.59 Å². The second-order valence-corrected chi connectivity index (χ2v) is 6.30. The van der Waals surface area contributed by atoms with E-state index in [2.05, 4.69) is 15.5 Å². The van der Waals surface area contributed by atoms with Crippen molar-refractivity contribution in [1.82, 2.24) is 5.32 Å². The number of amides is 1. The van der Waals surface area contributed by atoms with E-state index in [9.17, 15) is 9.59 Å². The van der Waals surface area contributed by atoms with Gasteiger partial charge in [0.1, 0.15) is 0 Å². The standard InChI is InChI=1S/C18H15N3O3S/c22-16-11-25-18(20-16)21-19-10-12-5-7-13(8-6-12)15-4-2-1-3-14(15)9-17(23)24/h1-8,10H,9,11H2,(H,23,24)(H,20,21,22). The number of thioether (sulfide) groups is 1. The molecular formula is C18H15N3O3S. The second kappa shape index (κ2) is 7.76. The van der Waals surface area contributed by atoms with Crippen molar-refractivity contribution in [3.8, 4) is 11.1 Å². The summed E-state index contributed by atoms with van der Waals surface area (Å²) >= 11 is 1.32. The van der Waals surface area contributed by atoms with Crippen LogP contribution in [0.4, 0.5) is 0 Å². The number of hydrogen-bond acceptors (Lipinski definition) is 5. The van der Waals surface area contributed by atoms with E-state index in [4.69, 9.17) is 5.11 Å². The van der Waals surface area contributed by atoms with Gasteiger partial charge in [-0.25, -0.2) is 0 Å². The van der Waals surface area contributed by atoms with E-state index in [1.54, 1.807) is 6.21 Å². The minimum absolute atomic E-state index is 0.0136. The highest BCUT2D eigenvalue weighted by atomic mass is 32.2. The summed E-state index contributed by atoms with van der Waals surface area (Å²) in [6, 6.07) is 15.1. The number of nitrogens with one attached hydrogen (secondary N) is 1. The summed E-state index contributed by atoms with van der Waals surface area (Å²) in [5.41, 5.74) is 3.48. The topological polar surface area (TPSA) is 91.1 Å². The SMILES string of the molecule is O=C(O)Cc1ccccc1-c1ccc(C=NN=C2NC(=O)CS2)cc1. The average molecular weight is 353 g/mol. The molecule has 1 aliphatic rings. The van der Waals surface area contributed by atoms with E-state index in [1.807, 2.05) is 48.5 Å². The Hall–Kier alpha value is -2.93. The number of rotatable bonds is 5. The predicted octanol–water partition coefficient (Wildman–Crippen LogP) is 2.53. The number of nitrogens with zero attached hydrogens (tertiary/aromatic N) is 2. The van der Waals surface area contributed by atoms with Gasteiger partial charge >= 0.3 is 5.97 Å². The average Bonchev–Trinajstić information content (AvgIpc) is 3.01. The molecule has 0 radical (unpaired) electrons. The predicted molar refractivity (Wildman–Crippen MR) is 98.8 cm³/mol. The Bertz CT molecular complexity index is 860. The van der Waals surface area contributed by atoms with Crippen molar-refractivity contribution >= 4 is 35.0 Å². The number of carboxylic acid groups (broad SMARTS) is 1. The van der Waals surface area contributed by atoms with Gasteiger partial charge in [0.2, 0.25) is 5.91 Å². The third-order valence-electron chi connectivity index (χ3n) is 3.52. The first kappa shape index (κ1) is 16.9. The van der Waals surface area contributed by atoms with Crippen LogP contribution in [-0.2, 0) is 16.0 Å². The molecule has 6 nitrogen and oxygen atoms in total. The molecule has 0 aliphatic carbocycles. The van der Waals surface area contributed by atoms with Crippen LogP contribution in [0.5, 0.6) is 0 Å². The van der Waals surface area contributed by atoms with E-state index in [0.29, 0.717) is 10.9 Å². The molecule has 1 heterocycles. The molecule has 0 spiro atoms. The lowest BCUT2D eigenvalue weighted by molar-refractivity contribution is -0.136. The van der Waals surface area contributed by atoms with Crippen LogP contribution >= 0.6 is 11.8 Å². The second-order valence-electron chi connectivity index (χ2n) is 5.34. The van der Waals surface area contributed by atoms with Gasteiger partial charge in [-0.2, -0.15) is 5.10 Å². The number of amidine groups is 1. The van der Waals surface area contributed by atoms with E-state index >= 15 is 0 Å². The zero-order valence-corrected chi connectivity index (χ0v) is 14.0. The van der Waals surface area contributed by atoms with Crippen molar-refractivity contribution < 1.29 is 14.7 Å². The highest BCUT2D eigenvalue weighted by Gasteiger charge is 2.15. The number of carbonyl (C=O) groups excluding carboxylic acids is 1. The molecule has 2 N–H and O–H groups in total. The maximum absolute atomic E-state index is 11.1. The molecule has 7 heteroatoms. The number of benzene rings is 2. The van der Waals surface area contributed by atoms with Crippen LogP contribution in [0, 0.1) is 0 Å². The van der Waals surface area contributed by atoms with Crippen LogP contribution in [0.3, 0.4) is 0 Å². The first-order chi connectivity index (χ1) is 12.1. The minimum atomic E-state index is -0.854. The van der Waals surface area contributed by atoms with Crippen molar-refractivity contribution in [3.63, 3.8) is 0 Å². The van der Waals surface area contributed by atoms with Crippen molar-refractivity contribution in [2.24, 2.45) is 10.2 Å². The van der Waals surface area contributed by atoms with Crippen LogP contribution in [0.15, 0.2) is 58.7 Å². The van der Waals surface area contributed by atoms with Crippen molar-refractivity contribution in [2.75, 3.05) is 5.75 Å². The number of hydrogen-bond donors (Lipinski definition) is 2. The Morgan fingerprint density at radius 2 is 1.96 bits per heavy atom. The molecule has 25 heavy (non-hydrogen) atoms. The Morgan fingerprint density at radius 3 is 2.64 bits per heavy atom. The van der Waals surface area contributed by atoms with E-state index < -0.39 is 5.97 Å². The lowest BCUT2D eigenvalue weighted by Gasteiger charge is -2.08. The van der Waals surface area contributed by atoms with Crippen molar-refractivity contribution in [2.45, 2.75) is 6.42 Å². The Balaban J connectivity index is 1.75. The molecule has 1 amide bonds. The van der Waals surface area contributed by atoms with Gasteiger partial charge in [-0.15, -0.1) is 5.10 Å². The summed E-state index contributed by atoms with van der Waals surface area (Å²) in [4.78, 5) is 22.0. The molecule has 0 bridgehead atoms. The lowest BCUT2D eigenvalue weighted by atomic mass is 9.97. The number of carboxylic acids is 1. The molecule has 1 aliphatic heterocycles. The molecule has 126 valence electrons. The van der Waals surface area contributed by atoms with Crippen LogP contribution in [0.25, 0.3) is 11.1 Å². The minimum Gasteiger partial charge on any atom is -0.481 e. The van der Waals surface area contributed by atoms with Gasteiger partial charge < -0.3 is 10.4 Å². The molecule has 1 saturated heterocycles. The summed E-state index contributed by atoms with van der Waals surface area (Å²) in [7, 11) is 0. The molecule has 3 rings (SSSR count). The van der Waals surface area contributed by atoms with Gasteiger partial charge in [-0.05, 0) is 22.3 Å². The summed E-state index contributed by atoms with van der Waals surface area (Å²) in [5, 5.41) is 20.0. The van der Waals surface area contributed by atoms with Crippen LogP contribution in [0.2, 0.25) is 0 Å². The summed E-state index contributed by atoms with van der Waals surface area (Å²) in [5.74, 6) is -0.547. The quantitative estimate of drug-likeness (QED) is 0.638. The first-order valence-electron chi connectivity index (χ1n) is 7.55. The summed E-state index contributed by atoms with van der Waals surface area (Å²) < 4.78 is 0. The fraction of sp³-hybridized carbons (Fsp3) is 0.111. The first-order valence-corrected chi connectivity index (χ1v) is 8.54. The third kappa shape index (κ3) is 4.54. The smallest absolute Gasteiger partial charge is 0.307 e.